The Bertz CT molecular complexity index is 615. The van der Waals surface area contributed by atoms with Gasteiger partial charge >= 0.3 is 0 Å². The average molecular weight is 275 g/mol. The normalized spacial score (nSPS) is 10.4. The monoisotopic (exact) mass is 275 g/mol. The summed E-state index contributed by atoms with van der Waals surface area (Å²) in [5.74, 6) is 7.17. The summed E-state index contributed by atoms with van der Waals surface area (Å²) in [4.78, 5) is 10.6. The number of aromatic nitrogens is 2. The fourth-order valence-electron chi connectivity index (χ4n) is 1.98. The van der Waals surface area contributed by atoms with Gasteiger partial charge in [-0.2, -0.15) is 0 Å². The number of nitrogens with one attached hydrogen (secondary N) is 1. The maximum Gasteiger partial charge on any atom is 0.148 e. The first-order chi connectivity index (χ1) is 9.56. The van der Waals surface area contributed by atoms with Crippen LogP contribution in [-0.4, -0.2) is 17.0 Å². The van der Waals surface area contributed by atoms with Crippen LogP contribution in [0.2, 0.25) is 0 Å². The van der Waals surface area contributed by atoms with Gasteiger partial charge in [-0.3, -0.25) is 0 Å². The molecular formula is C14H18FN5. The van der Waals surface area contributed by atoms with Crippen LogP contribution in [0.3, 0.4) is 0 Å². The number of aryl methyl sites for hydroxylation is 1. The molecule has 0 aliphatic rings. The minimum atomic E-state index is -0.283. The van der Waals surface area contributed by atoms with Gasteiger partial charge in [0.05, 0.1) is 0 Å². The molecule has 0 radical (unpaired) electrons. The Morgan fingerprint density at radius 1 is 1.35 bits per heavy atom. The number of nitrogens with two attached hydrogens (primary N) is 1. The van der Waals surface area contributed by atoms with Crippen molar-refractivity contribution < 1.29 is 4.39 Å². The van der Waals surface area contributed by atoms with Gasteiger partial charge in [-0.1, -0.05) is 13.0 Å². The third-order valence-corrected chi connectivity index (χ3v) is 3.13. The highest BCUT2D eigenvalue weighted by molar-refractivity contribution is 5.66. The summed E-state index contributed by atoms with van der Waals surface area (Å²) in [5.41, 5.74) is 4.11. The van der Waals surface area contributed by atoms with E-state index in [0.29, 0.717) is 23.9 Å². The van der Waals surface area contributed by atoms with E-state index in [1.165, 1.54) is 12.1 Å². The molecule has 1 heterocycles. The lowest BCUT2D eigenvalue weighted by Gasteiger charge is -2.22. The minimum absolute atomic E-state index is 0.283. The smallest absolute Gasteiger partial charge is 0.148 e. The number of hydrazine groups is 1. The summed E-state index contributed by atoms with van der Waals surface area (Å²) in [7, 11) is 1.84. The first-order valence-electron chi connectivity index (χ1n) is 6.40. The number of anilines is 3. The van der Waals surface area contributed by atoms with Crippen molar-refractivity contribution in [2.24, 2.45) is 5.84 Å². The van der Waals surface area contributed by atoms with Crippen molar-refractivity contribution in [1.82, 2.24) is 9.97 Å². The summed E-state index contributed by atoms with van der Waals surface area (Å²) in [6, 6.07) is 6.36. The Balaban J connectivity index is 2.50. The van der Waals surface area contributed by atoms with E-state index in [1.54, 1.807) is 6.07 Å². The molecule has 0 atom stereocenters. The second kappa shape index (κ2) is 5.83. The quantitative estimate of drug-likeness (QED) is 0.663. The zero-order chi connectivity index (χ0) is 14.7. The van der Waals surface area contributed by atoms with Crippen LogP contribution >= 0.6 is 0 Å². The summed E-state index contributed by atoms with van der Waals surface area (Å²) in [5, 5.41) is 0. The van der Waals surface area contributed by atoms with Crippen molar-refractivity contribution in [3.8, 4) is 0 Å². The number of hydrogen-bond donors (Lipinski definition) is 2. The number of nitrogen functional groups attached to an aromatic ring is 1. The second-order valence-corrected chi connectivity index (χ2v) is 4.47. The molecule has 0 aliphatic carbocycles. The van der Waals surface area contributed by atoms with E-state index in [4.69, 9.17) is 5.84 Å². The van der Waals surface area contributed by atoms with Crippen LogP contribution in [0, 0.1) is 12.7 Å². The zero-order valence-electron chi connectivity index (χ0n) is 11.8. The van der Waals surface area contributed by atoms with Crippen molar-refractivity contribution >= 4 is 17.3 Å². The molecule has 0 fully saturated rings. The minimum Gasteiger partial charge on any atom is -0.329 e. The van der Waals surface area contributed by atoms with Crippen LogP contribution in [-0.2, 0) is 6.42 Å². The lowest BCUT2D eigenvalue weighted by Crippen LogP contribution is -2.18. The lowest BCUT2D eigenvalue weighted by atomic mass is 10.2. The van der Waals surface area contributed by atoms with Gasteiger partial charge in [0.2, 0.25) is 0 Å². The highest BCUT2D eigenvalue weighted by atomic mass is 19.1. The molecule has 1 aromatic carbocycles. The molecule has 0 aliphatic heterocycles. The first-order valence-corrected chi connectivity index (χ1v) is 6.40. The predicted molar refractivity (Wildman–Crippen MR) is 78.4 cm³/mol. The Kier molecular flexibility index (Phi) is 4.14. The number of nitrogens with zero attached hydrogens (tertiary/aromatic N) is 3. The molecule has 0 unspecified atom stereocenters. The van der Waals surface area contributed by atoms with Crippen molar-refractivity contribution in [3.05, 3.63) is 41.5 Å². The SMILES string of the molecule is CCc1nc(NN)c(C)c(N(C)c2cccc(F)c2)n1. The Morgan fingerprint density at radius 2 is 2.10 bits per heavy atom. The van der Waals surface area contributed by atoms with Gasteiger partial charge in [-0.15, -0.1) is 0 Å². The predicted octanol–water partition coefficient (Wildman–Crippen LogP) is 2.54. The van der Waals surface area contributed by atoms with Gasteiger partial charge in [0.15, 0.2) is 0 Å². The molecule has 3 N–H and O–H groups in total. The van der Waals surface area contributed by atoms with Crippen molar-refractivity contribution in [2.75, 3.05) is 17.4 Å². The molecular weight excluding hydrogens is 257 g/mol. The molecule has 5 nitrogen and oxygen atoms in total. The molecule has 0 spiro atoms. The molecule has 106 valence electrons. The highest BCUT2D eigenvalue weighted by Crippen LogP contribution is 2.28. The van der Waals surface area contributed by atoms with Crippen LogP contribution in [0.4, 0.5) is 21.7 Å². The van der Waals surface area contributed by atoms with E-state index in [9.17, 15) is 4.39 Å². The molecule has 2 aromatic rings. The van der Waals surface area contributed by atoms with E-state index in [1.807, 2.05) is 31.9 Å². The van der Waals surface area contributed by atoms with E-state index in [0.717, 1.165) is 11.3 Å². The third kappa shape index (κ3) is 2.70. The van der Waals surface area contributed by atoms with Crippen LogP contribution in [0.1, 0.15) is 18.3 Å². The zero-order valence-corrected chi connectivity index (χ0v) is 11.8. The topological polar surface area (TPSA) is 67.1 Å². The maximum atomic E-state index is 13.3. The van der Waals surface area contributed by atoms with E-state index in [-0.39, 0.29) is 5.82 Å². The second-order valence-electron chi connectivity index (χ2n) is 4.47. The maximum absolute atomic E-state index is 13.3. The summed E-state index contributed by atoms with van der Waals surface area (Å²) < 4.78 is 13.3. The summed E-state index contributed by atoms with van der Waals surface area (Å²) >= 11 is 0. The standard InChI is InChI=1S/C14H18FN5/c1-4-12-17-13(19-16)9(2)14(18-12)20(3)11-7-5-6-10(15)8-11/h5-8H,4,16H2,1-3H3,(H,17,18,19). The van der Waals surface area contributed by atoms with Crippen LogP contribution in [0.5, 0.6) is 0 Å². The Morgan fingerprint density at radius 3 is 2.70 bits per heavy atom. The molecule has 2 rings (SSSR count). The Hall–Kier alpha value is -2.21. The lowest BCUT2D eigenvalue weighted by molar-refractivity contribution is 0.628. The van der Waals surface area contributed by atoms with Gasteiger partial charge in [0.1, 0.15) is 23.3 Å². The fourth-order valence-corrected chi connectivity index (χ4v) is 1.98. The molecule has 20 heavy (non-hydrogen) atoms. The largest absolute Gasteiger partial charge is 0.329 e. The number of benzene rings is 1. The van der Waals surface area contributed by atoms with Crippen molar-refractivity contribution in [1.29, 1.82) is 0 Å². The molecule has 0 saturated carbocycles. The van der Waals surface area contributed by atoms with Gasteiger partial charge in [0.25, 0.3) is 0 Å². The average Bonchev–Trinajstić information content (AvgIpc) is 2.47. The van der Waals surface area contributed by atoms with Crippen LogP contribution < -0.4 is 16.2 Å². The van der Waals surface area contributed by atoms with Crippen molar-refractivity contribution in [3.63, 3.8) is 0 Å². The van der Waals surface area contributed by atoms with Gasteiger partial charge in [-0.25, -0.2) is 20.2 Å². The van der Waals surface area contributed by atoms with E-state index in [2.05, 4.69) is 15.4 Å². The Labute approximate surface area is 117 Å². The molecule has 0 bridgehead atoms. The van der Waals surface area contributed by atoms with Gasteiger partial charge in [0, 0.05) is 24.7 Å². The van der Waals surface area contributed by atoms with Crippen LogP contribution in [0.15, 0.2) is 24.3 Å². The summed E-state index contributed by atoms with van der Waals surface area (Å²) in [6.07, 6.45) is 0.693. The van der Waals surface area contributed by atoms with Gasteiger partial charge in [-0.05, 0) is 25.1 Å². The number of halogens is 1. The summed E-state index contributed by atoms with van der Waals surface area (Å²) in [6.45, 7) is 3.84. The molecule has 0 saturated heterocycles. The molecule has 0 amide bonds. The highest BCUT2D eigenvalue weighted by Gasteiger charge is 2.14. The molecule has 6 heteroatoms. The third-order valence-electron chi connectivity index (χ3n) is 3.13. The van der Waals surface area contributed by atoms with E-state index >= 15 is 0 Å². The number of hydrogen-bond acceptors (Lipinski definition) is 5. The van der Waals surface area contributed by atoms with Crippen LogP contribution in [0.25, 0.3) is 0 Å². The fraction of sp³-hybridized carbons (Fsp3) is 0.286. The van der Waals surface area contributed by atoms with Gasteiger partial charge < -0.3 is 10.3 Å². The first kappa shape index (κ1) is 14.2. The number of rotatable bonds is 4. The van der Waals surface area contributed by atoms with E-state index < -0.39 is 0 Å². The van der Waals surface area contributed by atoms with Crippen molar-refractivity contribution in [2.45, 2.75) is 20.3 Å². The molecule has 1 aromatic heterocycles.